The standard InChI is InChI=1S/C31H58O4/c1-3-5-7-9-11-12-13-14-15-16-17-18-19-21-23-25-27-31(34)35-29(28-30(32)33)26-24-22-20-10-8-6-4-2/h14-15,29H,3-13,16-28H2,1-2H3,(H,32,33)/b15-14-. The molecular formula is C31H58O4. The number of hydrogen-bond acceptors (Lipinski definition) is 3. The number of hydrogen-bond donors (Lipinski definition) is 1. The first-order valence-corrected chi connectivity index (χ1v) is 15.2. The van der Waals surface area contributed by atoms with Gasteiger partial charge in [-0.15, -0.1) is 0 Å². The molecule has 0 saturated heterocycles. The molecule has 0 aliphatic carbocycles. The van der Waals surface area contributed by atoms with Gasteiger partial charge in [0.15, 0.2) is 0 Å². The fourth-order valence-corrected chi connectivity index (χ4v) is 4.49. The van der Waals surface area contributed by atoms with Crippen molar-refractivity contribution in [2.75, 3.05) is 0 Å². The van der Waals surface area contributed by atoms with Crippen LogP contribution in [0.25, 0.3) is 0 Å². The molecule has 0 aromatic heterocycles. The van der Waals surface area contributed by atoms with Crippen LogP contribution >= 0.6 is 0 Å². The zero-order chi connectivity index (χ0) is 25.8. The van der Waals surface area contributed by atoms with Crippen LogP contribution < -0.4 is 0 Å². The minimum absolute atomic E-state index is 0.0744. The van der Waals surface area contributed by atoms with Crippen molar-refractivity contribution >= 4 is 11.9 Å². The summed E-state index contributed by atoms with van der Waals surface area (Å²) in [5, 5.41) is 9.13. The fourth-order valence-electron chi connectivity index (χ4n) is 4.49. The van der Waals surface area contributed by atoms with Crippen LogP contribution in [0.15, 0.2) is 12.2 Å². The second-order valence-corrected chi connectivity index (χ2v) is 10.3. The Hall–Kier alpha value is -1.32. The Bertz CT molecular complexity index is 500. The molecule has 35 heavy (non-hydrogen) atoms. The van der Waals surface area contributed by atoms with E-state index in [1.54, 1.807) is 0 Å². The Labute approximate surface area is 217 Å². The van der Waals surface area contributed by atoms with Gasteiger partial charge in [0.25, 0.3) is 0 Å². The quantitative estimate of drug-likeness (QED) is 0.0701. The van der Waals surface area contributed by atoms with Gasteiger partial charge in [-0.05, 0) is 44.9 Å². The number of allylic oxidation sites excluding steroid dienone is 2. The summed E-state index contributed by atoms with van der Waals surface area (Å²) >= 11 is 0. The number of unbranched alkanes of at least 4 members (excludes halogenated alkanes) is 18. The zero-order valence-corrected chi connectivity index (χ0v) is 23.4. The molecular weight excluding hydrogens is 436 g/mol. The summed E-state index contributed by atoms with van der Waals surface area (Å²) < 4.78 is 5.50. The molecule has 0 aliphatic rings. The first kappa shape index (κ1) is 33.7. The SMILES string of the molecule is CCCCCCCC/C=C\CCCCCCCCC(=O)OC(CCCCCCCCC)CC(=O)O. The monoisotopic (exact) mass is 494 g/mol. The van der Waals surface area contributed by atoms with Crippen LogP contribution in [0.1, 0.15) is 168 Å². The number of aliphatic carboxylic acids is 1. The minimum Gasteiger partial charge on any atom is -0.481 e. The van der Waals surface area contributed by atoms with Gasteiger partial charge in [-0.25, -0.2) is 0 Å². The molecule has 0 bridgehead atoms. The average molecular weight is 495 g/mol. The van der Waals surface area contributed by atoms with Crippen molar-refractivity contribution in [2.45, 2.75) is 174 Å². The summed E-state index contributed by atoms with van der Waals surface area (Å²) in [6.07, 6.45) is 30.9. The minimum atomic E-state index is -0.886. The Morgan fingerprint density at radius 3 is 1.54 bits per heavy atom. The van der Waals surface area contributed by atoms with Crippen LogP contribution in [0.5, 0.6) is 0 Å². The maximum atomic E-state index is 12.2. The van der Waals surface area contributed by atoms with Gasteiger partial charge in [0.05, 0.1) is 6.42 Å². The van der Waals surface area contributed by atoms with Crippen LogP contribution in [-0.4, -0.2) is 23.1 Å². The normalized spacial score (nSPS) is 12.3. The number of carbonyl (C=O) groups excluding carboxylic acids is 1. The van der Waals surface area contributed by atoms with Crippen LogP contribution in [0.3, 0.4) is 0 Å². The van der Waals surface area contributed by atoms with E-state index < -0.39 is 12.1 Å². The highest BCUT2D eigenvalue weighted by molar-refractivity contribution is 5.71. The number of rotatable bonds is 27. The van der Waals surface area contributed by atoms with E-state index in [2.05, 4.69) is 26.0 Å². The molecule has 1 atom stereocenters. The maximum Gasteiger partial charge on any atom is 0.307 e. The van der Waals surface area contributed by atoms with Crippen LogP contribution in [0.4, 0.5) is 0 Å². The number of ether oxygens (including phenoxy) is 1. The lowest BCUT2D eigenvalue weighted by Gasteiger charge is -2.16. The molecule has 0 aromatic rings. The van der Waals surface area contributed by atoms with Crippen molar-refractivity contribution < 1.29 is 19.4 Å². The van der Waals surface area contributed by atoms with Gasteiger partial charge in [0.1, 0.15) is 6.10 Å². The number of carbonyl (C=O) groups is 2. The highest BCUT2D eigenvalue weighted by atomic mass is 16.5. The molecule has 1 N–H and O–H groups in total. The second-order valence-electron chi connectivity index (χ2n) is 10.3. The third-order valence-electron chi connectivity index (χ3n) is 6.72. The highest BCUT2D eigenvalue weighted by Crippen LogP contribution is 2.16. The lowest BCUT2D eigenvalue weighted by Crippen LogP contribution is -2.21. The topological polar surface area (TPSA) is 63.6 Å². The molecule has 0 spiro atoms. The van der Waals surface area contributed by atoms with E-state index in [0.717, 1.165) is 32.1 Å². The van der Waals surface area contributed by atoms with Crippen LogP contribution in [-0.2, 0) is 14.3 Å². The predicted molar refractivity (Wildman–Crippen MR) is 149 cm³/mol. The van der Waals surface area contributed by atoms with Gasteiger partial charge >= 0.3 is 11.9 Å². The number of esters is 1. The molecule has 1 unspecified atom stereocenters. The smallest absolute Gasteiger partial charge is 0.307 e. The van der Waals surface area contributed by atoms with Gasteiger partial charge < -0.3 is 9.84 Å². The largest absolute Gasteiger partial charge is 0.481 e. The molecule has 206 valence electrons. The Morgan fingerprint density at radius 2 is 1.06 bits per heavy atom. The lowest BCUT2D eigenvalue weighted by molar-refractivity contribution is -0.153. The van der Waals surface area contributed by atoms with Crippen molar-refractivity contribution in [3.63, 3.8) is 0 Å². The van der Waals surface area contributed by atoms with Gasteiger partial charge in [-0.1, -0.05) is 122 Å². The molecule has 0 rings (SSSR count). The summed E-state index contributed by atoms with van der Waals surface area (Å²) in [6, 6.07) is 0. The fraction of sp³-hybridized carbons (Fsp3) is 0.871. The van der Waals surface area contributed by atoms with E-state index in [1.807, 2.05) is 0 Å². The van der Waals surface area contributed by atoms with Gasteiger partial charge in [-0.2, -0.15) is 0 Å². The zero-order valence-electron chi connectivity index (χ0n) is 23.4. The Morgan fingerprint density at radius 1 is 0.629 bits per heavy atom. The van der Waals surface area contributed by atoms with Crippen LogP contribution in [0.2, 0.25) is 0 Å². The van der Waals surface area contributed by atoms with Crippen molar-refractivity contribution in [1.29, 1.82) is 0 Å². The van der Waals surface area contributed by atoms with Crippen molar-refractivity contribution in [2.24, 2.45) is 0 Å². The third-order valence-corrected chi connectivity index (χ3v) is 6.72. The summed E-state index contributed by atoms with van der Waals surface area (Å²) in [4.78, 5) is 23.3. The maximum absolute atomic E-state index is 12.2. The number of carboxylic acids is 1. The first-order valence-electron chi connectivity index (χ1n) is 15.2. The van der Waals surface area contributed by atoms with Crippen molar-refractivity contribution in [3.8, 4) is 0 Å². The third kappa shape index (κ3) is 27.1. The van der Waals surface area contributed by atoms with E-state index >= 15 is 0 Å². The highest BCUT2D eigenvalue weighted by Gasteiger charge is 2.17. The van der Waals surface area contributed by atoms with Gasteiger partial charge in [-0.3, -0.25) is 9.59 Å². The van der Waals surface area contributed by atoms with Gasteiger partial charge in [0.2, 0.25) is 0 Å². The molecule has 0 aromatic carbocycles. The molecule has 0 amide bonds. The Balaban J connectivity index is 3.64. The van der Waals surface area contributed by atoms with Crippen molar-refractivity contribution in [1.82, 2.24) is 0 Å². The summed E-state index contributed by atoms with van der Waals surface area (Å²) in [5.41, 5.74) is 0. The summed E-state index contributed by atoms with van der Waals surface area (Å²) in [6.45, 7) is 4.47. The molecule has 4 nitrogen and oxygen atoms in total. The van der Waals surface area contributed by atoms with E-state index in [4.69, 9.17) is 9.84 Å². The molecule has 4 heteroatoms. The summed E-state index contributed by atoms with van der Waals surface area (Å²) in [5.74, 6) is -1.11. The predicted octanol–water partition coefficient (Wildman–Crippen LogP) is 9.94. The van der Waals surface area contributed by atoms with Crippen molar-refractivity contribution in [3.05, 3.63) is 12.2 Å². The average Bonchev–Trinajstić information content (AvgIpc) is 2.82. The summed E-state index contributed by atoms with van der Waals surface area (Å²) in [7, 11) is 0. The second kappa shape index (κ2) is 27.3. The van der Waals surface area contributed by atoms with E-state index in [1.165, 1.54) is 103 Å². The van der Waals surface area contributed by atoms with E-state index in [9.17, 15) is 9.59 Å². The molecule has 0 radical (unpaired) electrons. The van der Waals surface area contributed by atoms with E-state index in [-0.39, 0.29) is 12.4 Å². The molecule has 0 heterocycles. The van der Waals surface area contributed by atoms with E-state index in [0.29, 0.717) is 12.8 Å². The first-order chi connectivity index (χ1) is 17.1. The lowest BCUT2D eigenvalue weighted by atomic mass is 10.0. The Kier molecular flexibility index (Phi) is 26.2. The van der Waals surface area contributed by atoms with Crippen LogP contribution in [0, 0.1) is 0 Å². The molecule has 0 saturated carbocycles. The molecule has 0 fully saturated rings. The molecule has 0 aliphatic heterocycles. The van der Waals surface area contributed by atoms with Gasteiger partial charge in [0, 0.05) is 6.42 Å². The number of carboxylic acid groups (broad SMARTS) is 1.